The van der Waals surface area contributed by atoms with Crippen LogP contribution in [0, 0.1) is 0 Å². The fraction of sp³-hybridized carbons (Fsp3) is 0.250. The molecule has 0 amide bonds. The van der Waals surface area contributed by atoms with Gasteiger partial charge in [-0.15, -0.1) is 11.6 Å². The molecular formula is C12H13ClN2O3S. The van der Waals surface area contributed by atoms with Gasteiger partial charge >= 0.3 is 0 Å². The van der Waals surface area contributed by atoms with Crippen molar-refractivity contribution >= 4 is 21.6 Å². The van der Waals surface area contributed by atoms with Crippen LogP contribution >= 0.6 is 11.6 Å². The lowest BCUT2D eigenvalue weighted by molar-refractivity contribution is 0.393. The Bertz CT molecular complexity index is 640. The summed E-state index contributed by atoms with van der Waals surface area (Å²) >= 11 is 5.59. The SMILES string of the molecule is CN(Cc1ccncc1)S(=O)(=O)c1ccc(CCl)o1. The van der Waals surface area contributed by atoms with Gasteiger partial charge in [-0.3, -0.25) is 4.98 Å². The van der Waals surface area contributed by atoms with Gasteiger partial charge in [0.05, 0.1) is 5.88 Å². The Kier molecular flexibility index (Phi) is 4.24. The Balaban J connectivity index is 2.19. The maximum atomic E-state index is 12.2. The van der Waals surface area contributed by atoms with Crippen molar-refractivity contribution in [3.63, 3.8) is 0 Å². The fourth-order valence-electron chi connectivity index (χ4n) is 1.55. The van der Waals surface area contributed by atoms with Gasteiger partial charge < -0.3 is 4.42 Å². The molecule has 102 valence electrons. The molecule has 0 atom stereocenters. The van der Waals surface area contributed by atoms with E-state index >= 15 is 0 Å². The second-order valence-corrected chi connectivity index (χ2v) is 6.21. The van der Waals surface area contributed by atoms with Crippen LogP contribution in [0.15, 0.2) is 46.2 Å². The molecule has 0 radical (unpaired) electrons. The third kappa shape index (κ3) is 3.15. The van der Waals surface area contributed by atoms with E-state index in [1.807, 2.05) is 0 Å². The molecule has 0 fully saturated rings. The topological polar surface area (TPSA) is 63.4 Å². The van der Waals surface area contributed by atoms with Crippen molar-refractivity contribution < 1.29 is 12.8 Å². The molecule has 2 aromatic heterocycles. The minimum absolute atomic E-state index is 0.0975. The van der Waals surface area contributed by atoms with Gasteiger partial charge in [-0.25, -0.2) is 8.42 Å². The summed E-state index contributed by atoms with van der Waals surface area (Å²) in [5, 5.41) is -0.0975. The highest BCUT2D eigenvalue weighted by molar-refractivity contribution is 7.88. The van der Waals surface area contributed by atoms with E-state index in [2.05, 4.69) is 4.98 Å². The van der Waals surface area contributed by atoms with Crippen LogP contribution in [0.2, 0.25) is 0 Å². The fourth-order valence-corrected chi connectivity index (χ4v) is 2.77. The van der Waals surface area contributed by atoms with Crippen molar-refractivity contribution in [1.29, 1.82) is 0 Å². The summed E-state index contributed by atoms with van der Waals surface area (Å²) in [6.07, 6.45) is 3.24. The lowest BCUT2D eigenvalue weighted by Crippen LogP contribution is -2.26. The summed E-state index contributed by atoms with van der Waals surface area (Å²) in [5.41, 5.74) is 0.852. The Morgan fingerprint density at radius 2 is 1.95 bits per heavy atom. The second-order valence-electron chi connectivity index (χ2n) is 3.97. The van der Waals surface area contributed by atoms with E-state index in [0.29, 0.717) is 5.76 Å². The maximum Gasteiger partial charge on any atom is 0.276 e. The third-order valence-electron chi connectivity index (χ3n) is 2.59. The van der Waals surface area contributed by atoms with Crippen molar-refractivity contribution in [1.82, 2.24) is 9.29 Å². The molecule has 0 bridgehead atoms. The zero-order valence-corrected chi connectivity index (χ0v) is 11.9. The quantitative estimate of drug-likeness (QED) is 0.794. The summed E-state index contributed by atoms with van der Waals surface area (Å²) < 4.78 is 30.9. The maximum absolute atomic E-state index is 12.2. The molecule has 0 unspecified atom stereocenters. The summed E-state index contributed by atoms with van der Waals surface area (Å²) in [5.74, 6) is 0.571. The highest BCUT2D eigenvalue weighted by Crippen LogP contribution is 2.20. The molecule has 0 aliphatic heterocycles. The van der Waals surface area contributed by atoms with Gasteiger partial charge in [0.25, 0.3) is 10.0 Å². The summed E-state index contributed by atoms with van der Waals surface area (Å²) in [4.78, 5) is 3.89. The van der Waals surface area contributed by atoms with Gasteiger partial charge in [-0.2, -0.15) is 4.31 Å². The van der Waals surface area contributed by atoms with Gasteiger partial charge in [-0.1, -0.05) is 0 Å². The van der Waals surface area contributed by atoms with Gasteiger partial charge in [0.2, 0.25) is 5.09 Å². The molecule has 19 heavy (non-hydrogen) atoms. The third-order valence-corrected chi connectivity index (χ3v) is 4.53. The number of aromatic nitrogens is 1. The molecule has 0 saturated carbocycles. The van der Waals surface area contributed by atoms with E-state index in [-0.39, 0.29) is 17.5 Å². The first kappa shape index (κ1) is 14.0. The van der Waals surface area contributed by atoms with Crippen LogP contribution in [0.25, 0.3) is 0 Å². The average molecular weight is 301 g/mol. The highest BCUT2D eigenvalue weighted by Gasteiger charge is 2.24. The van der Waals surface area contributed by atoms with Crippen molar-refractivity contribution in [2.24, 2.45) is 0 Å². The second kappa shape index (κ2) is 5.73. The normalized spacial score (nSPS) is 11.9. The monoisotopic (exact) mass is 300 g/mol. The van der Waals surface area contributed by atoms with E-state index in [1.54, 1.807) is 30.6 Å². The number of pyridine rings is 1. The Labute approximate surface area is 116 Å². The number of nitrogens with zero attached hydrogens (tertiary/aromatic N) is 2. The van der Waals surface area contributed by atoms with Crippen molar-refractivity contribution in [3.8, 4) is 0 Å². The number of hydrogen-bond donors (Lipinski definition) is 0. The largest absolute Gasteiger partial charge is 0.447 e. The smallest absolute Gasteiger partial charge is 0.276 e. The van der Waals surface area contributed by atoms with Crippen LogP contribution < -0.4 is 0 Å². The van der Waals surface area contributed by atoms with Crippen LogP contribution in [-0.2, 0) is 22.4 Å². The van der Waals surface area contributed by atoms with Crippen LogP contribution in [0.4, 0.5) is 0 Å². The van der Waals surface area contributed by atoms with E-state index < -0.39 is 10.0 Å². The zero-order valence-electron chi connectivity index (χ0n) is 10.3. The summed E-state index contributed by atoms with van der Waals surface area (Å²) in [6.45, 7) is 0.252. The molecule has 0 aliphatic rings. The molecular weight excluding hydrogens is 288 g/mol. The molecule has 0 saturated heterocycles. The van der Waals surface area contributed by atoms with Crippen LogP contribution in [-0.4, -0.2) is 24.8 Å². The molecule has 2 aromatic rings. The van der Waals surface area contributed by atoms with Gasteiger partial charge in [-0.05, 0) is 29.8 Å². The number of halogens is 1. The number of sulfonamides is 1. The predicted octanol–water partition coefficient (Wildman–Crippen LogP) is 2.23. The predicted molar refractivity (Wildman–Crippen MR) is 71.2 cm³/mol. The molecule has 2 rings (SSSR count). The standard InChI is InChI=1S/C12H13ClN2O3S/c1-15(9-10-4-6-14-7-5-10)19(16,17)12-3-2-11(8-13)18-12/h2-7H,8-9H2,1H3. The first-order valence-corrected chi connectivity index (χ1v) is 7.51. The van der Waals surface area contributed by atoms with Crippen molar-refractivity contribution in [2.45, 2.75) is 17.5 Å². The Hall–Kier alpha value is -1.37. The lowest BCUT2D eigenvalue weighted by Gasteiger charge is -2.15. The van der Waals surface area contributed by atoms with Crippen molar-refractivity contribution in [2.75, 3.05) is 7.05 Å². The summed E-state index contributed by atoms with van der Waals surface area (Å²) in [6, 6.07) is 6.49. The lowest BCUT2D eigenvalue weighted by atomic mass is 10.3. The number of alkyl halides is 1. The zero-order chi connectivity index (χ0) is 13.9. The summed E-state index contributed by atoms with van der Waals surface area (Å²) in [7, 11) is -2.14. The van der Waals surface area contributed by atoms with Crippen LogP contribution in [0.5, 0.6) is 0 Å². The first-order chi connectivity index (χ1) is 9.04. The molecule has 0 aromatic carbocycles. The average Bonchev–Trinajstić information content (AvgIpc) is 2.89. The van der Waals surface area contributed by atoms with Gasteiger partial charge in [0, 0.05) is 26.0 Å². The molecule has 0 aliphatic carbocycles. The molecule has 7 heteroatoms. The first-order valence-electron chi connectivity index (χ1n) is 5.54. The highest BCUT2D eigenvalue weighted by atomic mass is 35.5. The van der Waals surface area contributed by atoms with Crippen LogP contribution in [0.3, 0.4) is 0 Å². The molecule has 0 spiro atoms. The van der Waals surface area contributed by atoms with E-state index in [0.717, 1.165) is 5.56 Å². The van der Waals surface area contributed by atoms with E-state index in [4.69, 9.17) is 16.0 Å². The molecule has 2 heterocycles. The number of rotatable bonds is 5. The molecule has 5 nitrogen and oxygen atoms in total. The minimum Gasteiger partial charge on any atom is -0.447 e. The number of furan rings is 1. The number of hydrogen-bond acceptors (Lipinski definition) is 4. The Morgan fingerprint density at radius 3 is 2.53 bits per heavy atom. The molecule has 0 N–H and O–H groups in total. The Morgan fingerprint density at radius 1 is 1.26 bits per heavy atom. The van der Waals surface area contributed by atoms with Crippen LogP contribution in [0.1, 0.15) is 11.3 Å². The van der Waals surface area contributed by atoms with Gasteiger partial charge in [0.1, 0.15) is 5.76 Å². The van der Waals surface area contributed by atoms with Crippen molar-refractivity contribution in [3.05, 3.63) is 48.0 Å². The van der Waals surface area contributed by atoms with E-state index in [9.17, 15) is 8.42 Å². The minimum atomic E-state index is -3.64. The van der Waals surface area contributed by atoms with Gasteiger partial charge in [0.15, 0.2) is 0 Å². The van der Waals surface area contributed by atoms with E-state index in [1.165, 1.54) is 17.4 Å².